The van der Waals surface area contributed by atoms with Crippen LogP contribution >= 0.6 is 0 Å². The van der Waals surface area contributed by atoms with Crippen LogP contribution in [0.5, 0.6) is 11.6 Å². The van der Waals surface area contributed by atoms with Gasteiger partial charge in [-0.3, -0.25) is 14.4 Å². The van der Waals surface area contributed by atoms with Crippen LogP contribution in [0.2, 0.25) is 0 Å². The smallest absolute Gasteiger partial charge is 0.420 e. The average molecular weight is 462 g/mol. The molecule has 1 aromatic carbocycles. The first-order valence-corrected chi connectivity index (χ1v) is 11.3. The number of carbonyl (C=O) groups excluding carboxylic acids is 2. The first-order valence-electron chi connectivity index (χ1n) is 11.3. The number of fused-ring (bicyclic) bond motifs is 1. The van der Waals surface area contributed by atoms with E-state index in [0.29, 0.717) is 17.4 Å². The van der Waals surface area contributed by atoms with Crippen LogP contribution in [0.25, 0.3) is 11.1 Å². The second-order valence-electron chi connectivity index (χ2n) is 8.88. The van der Waals surface area contributed by atoms with Gasteiger partial charge in [0.05, 0.1) is 36.8 Å². The zero-order valence-electron chi connectivity index (χ0n) is 19.7. The van der Waals surface area contributed by atoms with Crippen molar-refractivity contribution < 1.29 is 19.1 Å². The molecule has 1 aliphatic carbocycles. The number of hydrogen-bond acceptors (Lipinski definition) is 6. The van der Waals surface area contributed by atoms with E-state index in [1.54, 1.807) is 22.1 Å². The normalized spacial score (nSPS) is 17.4. The third-order valence-corrected chi connectivity index (χ3v) is 6.17. The Kier molecular flexibility index (Phi) is 5.47. The minimum absolute atomic E-state index is 0.0828. The molecule has 5 rings (SSSR count). The highest BCUT2D eigenvalue weighted by Gasteiger charge is 2.35. The third-order valence-electron chi connectivity index (χ3n) is 6.17. The van der Waals surface area contributed by atoms with Crippen molar-refractivity contribution in [1.29, 1.82) is 0 Å². The van der Waals surface area contributed by atoms with Gasteiger partial charge in [0.25, 0.3) is 5.88 Å². The summed E-state index contributed by atoms with van der Waals surface area (Å²) in [4.78, 5) is 33.3. The van der Waals surface area contributed by atoms with Crippen molar-refractivity contribution >= 4 is 23.4 Å². The summed E-state index contributed by atoms with van der Waals surface area (Å²) in [6, 6.07) is 7.72. The number of carbonyl (C=O) groups is 2. The summed E-state index contributed by atoms with van der Waals surface area (Å²) in [5.41, 5.74) is 3.98. The molecular formula is C25H27N5O4. The van der Waals surface area contributed by atoms with Crippen molar-refractivity contribution in [3.05, 3.63) is 48.4 Å². The zero-order chi connectivity index (χ0) is 24.0. The van der Waals surface area contributed by atoms with Gasteiger partial charge in [-0.1, -0.05) is 6.07 Å². The minimum atomic E-state index is -0.562. The third kappa shape index (κ3) is 3.98. The number of anilines is 2. The summed E-state index contributed by atoms with van der Waals surface area (Å²) in [5.74, 6) is 0.397. The van der Waals surface area contributed by atoms with E-state index in [4.69, 9.17) is 9.47 Å². The monoisotopic (exact) mass is 461 g/mol. The van der Waals surface area contributed by atoms with E-state index in [0.717, 1.165) is 29.5 Å². The highest BCUT2D eigenvalue weighted by Crippen LogP contribution is 2.40. The Morgan fingerprint density at radius 1 is 1.09 bits per heavy atom. The number of pyridine rings is 1. The van der Waals surface area contributed by atoms with E-state index in [9.17, 15) is 9.59 Å². The van der Waals surface area contributed by atoms with Crippen molar-refractivity contribution in [2.45, 2.75) is 45.7 Å². The lowest BCUT2D eigenvalue weighted by molar-refractivity contribution is -0.117. The number of aromatic nitrogens is 3. The van der Waals surface area contributed by atoms with Crippen LogP contribution in [0.3, 0.4) is 0 Å². The first kappa shape index (κ1) is 21.9. The highest BCUT2D eigenvalue weighted by atomic mass is 16.6. The van der Waals surface area contributed by atoms with Crippen molar-refractivity contribution in [2.75, 3.05) is 23.5 Å². The minimum Gasteiger partial charge on any atom is -0.478 e. The molecule has 176 valence electrons. The predicted octanol–water partition coefficient (Wildman–Crippen LogP) is 4.36. The van der Waals surface area contributed by atoms with Crippen LogP contribution in [0.15, 0.2) is 42.9 Å². The fraction of sp³-hybridized carbons (Fsp3) is 0.360. The Morgan fingerprint density at radius 3 is 2.59 bits per heavy atom. The van der Waals surface area contributed by atoms with Gasteiger partial charge in [0.15, 0.2) is 5.75 Å². The lowest BCUT2D eigenvalue weighted by Crippen LogP contribution is -2.52. The molecule has 1 saturated carbocycles. The van der Waals surface area contributed by atoms with Crippen molar-refractivity contribution in [3.8, 4) is 22.8 Å². The van der Waals surface area contributed by atoms with Crippen molar-refractivity contribution in [1.82, 2.24) is 14.8 Å². The molecule has 0 spiro atoms. The molecule has 1 atom stereocenters. The van der Waals surface area contributed by atoms with Gasteiger partial charge in [-0.2, -0.15) is 5.10 Å². The van der Waals surface area contributed by atoms with Gasteiger partial charge in [-0.05, 0) is 56.0 Å². The summed E-state index contributed by atoms with van der Waals surface area (Å²) in [5, 5.41) is 4.49. The molecule has 0 N–H and O–H groups in total. The maximum Gasteiger partial charge on any atom is 0.420 e. The molecule has 0 saturated heterocycles. The Morgan fingerprint density at radius 2 is 1.88 bits per heavy atom. The van der Waals surface area contributed by atoms with Gasteiger partial charge in [0, 0.05) is 31.4 Å². The first-order chi connectivity index (χ1) is 16.4. The molecule has 2 aromatic heterocycles. The quantitative estimate of drug-likeness (QED) is 0.574. The SMILES string of the molecule is COc1ncc(C)cc1OC(=O)N1C[C@H](C)N(C(C)=O)c2ccc(-c3cnn(C4CC4)c3)cc21. The standard InChI is InChI=1S/C25H27N5O4/c1-15-9-23(24(33-4)26-11-15)34-25(32)28-13-16(2)30(17(3)31)21-8-5-18(10-22(21)28)19-12-27-29(14-19)20-6-7-20/h5,8-12,14,16,20H,6-7,13H2,1-4H3/t16-/m0/s1. The molecule has 9 heteroatoms. The Hall–Kier alpha value is -3.88. The molecule has 0 radical (unpaired) electrons. The summed E-state index contributed by atoms with van der Waals surface area (Å²) in [7, 11) is 1.48. The molecule has 0 unspecified atom stereocenters. The van der Waals surface area contributed by atoms with E-state index >= 15 is 0 Å². The number of nitrogens with zero attached hydrogens (tertiary/aromatic N) is 5. The van der Waals surface area contributed by atoms with E-state index in [1.165, 1.54) is 14.0 Å². The summed E-state index contributed by atoms with van der Waals surface area (Å²) in [6.45, 7) is 5.59. The Bertz CT molecular complexity index is 1270. The lowest BCUT2D eigenvalue weighted by atomic mass is 10.0. The second kappa shape index (κ2) is 8.48. The van der Waals surface area contributed by atoms with E-state index in [-0.39, 0.29) is 30.1 Å². The molecule has 34 heavy (non-hydrogen) atoms. The van der Waals surface area contributed by atoms with Crippen molar-refractivity contribution in [2.24, 2.45) is 0 Å². The van der Waals surface area contributed by atoms with E-state index in [1.807, 2.05) is 49.1 Å². The number of benzene rings is 1. The number of rotatable bonds is 4. The summed E-state index contributed by atoms with van der Waals surface area (Å²) >= 11 is 0. The Labute approximate surface area is 197 Å². The number of amides is 2. The molecule has 3 aromatic rings. The molecule has 1 fully saturated rings. The number of hydrogen-bond donors (Lipinski definition) is 0. The predicted molar refractivity (Wildman–Crippen MR) is 127 cm³/mol. The summed E-state index contributed by atoms with van der Waals surface area (Å²) < 4.78 is 13.0. The molecule has 2 aliphatic rings. The van der Waals surface area contributed by atoms with E-state index in [2.05, 4.69) is 10.1 Å². The fourth-order valence-electron chi connectivity index (χ4n) is 4.39. The molecular weight excluding hydrogens is 434 g/mol. The zero-order valence-corrected chi connectivity index (χ0v) is 19.7. The maximum atomic E-state index is 13.4. The van der Waals surface area contributed by atoms with Crippen LogP contribution in [-0.4, -0.2) is 46.5 Å². The molecule has 9 nitrogen and oxygen atoms in total. The number of ether oxygens (including phenoxy) is 2. The van der Waals surface area contributed by atoms with Gasteiger partial charge in [0.2, 0.25) is 5.91 Å². The average Bonchev–Trinajstić information content (AvgIpc) is 3.54. The fourth-order valence-corrected chi connectivity index (χ4v) is 4.39. The van der Waals surface area contributed by atoms with Crippen LogP contribution in [0.4, 0.5) is 16.2 Å². The molecule has 3 heterocycles. The molecule has 2 amide bonds. The topological polar surface area (TPSA) is 89.8 Å². The maximum absolute atomic E-state index is 13.4. The van der Waals surface area contributed by atoms with Gasteiger partial charge in [0.1, 0.15) is 0 Å². The van der Waals surface area contributed by atoms with Gasteiger partial charge in [-0.15, -0.1) is 0 Å². The van der Waals surface area contributed by atoms with Gasteiger partial charge >= 0.3 is 6.09 Å². The second-order valence-corrected chi connectivity index (χ2v) is 8.88. The van der Waals surface area contributed by atoms with E-state index < -0.39 is 6.09 Å². The van der Waals surface area contributed by atoms with Crippen LogP contribution in [0.1, 0.15) is 38.3 Å². The number of aryl methyl sites for hydroxylation is 1. The Balaban J connectivity index is 1.53. The number of methoxy groups -OCH3 is 1. The summed E-state index contributed by atoms with van der Waals surface area (Å²) in [6.07, 6.45) is 7.24. The molecule has 1 aliphatic heterocycles. The lowest BCUT2D eigenvalue weighted by Gasteiger charge is -2.40. The van der Waals surface area contributed by atoms with Crippen molar-refractivity contribution in [3.63, 3.8) is 0 Å². The van der Waals surface area contributed by atoms with Crippen LogP contribution < -0.4 is 19.3 Å². The van der Waals surface area contributed by atoms with Crippen LogP contribution in [0, 0.1) is 6.92 Å². The molecule has 0 bridgehead atoms. The highest BCUT2D eigenvalue weighted by molar-refractivity contribution is 6.03. The van der Waals surface area contributed by atoms with Gasteiger partial charge < -0.3 is 14.4 Å². The largest absolute Gasteiger partial charge is 0.478 e. The van der Waals surface area contributed by atoms with Crippen LogP contribution in [-0.2, 0) is 4.79 Å². The van der Waals surface area contributed by atoms with Gasteiger partial charge in [-0.25, -0.2) is 9.78 Å².